The van der Waals surface area contributed by atoms with Crippen molar-refractivity contribution in [2.45, 2.75) is 4.90 Å². The van der Waals surface area contributed by atoms with Crippen molar-refractivity contribution >= 4 is 17.7 Å². The van der Waals surface area contributed by atoms with Gasteiger partial charge in [0.2, 0.25) is 5.91 Å². The summed E-state index contributed by atoms with van der Waals surface area (Å²) in [7, 11) is 0. The Morgan fingerprint density at radius 1 is 1.55 bits per heavy atom. The van der Waals surface area contributed by atoms with Gasteiger partial charge >= 0.3 is 0 Å². The Morgan fingerprint density at radius 2 is 2.18 bits per heavy atom. The highest BCUT2D eigenvalue weighted by molar-refractivity contribution is 8.00. The minimum atomic E-state index is -0.299. The molecule has 0 radical (unpaired) electrons. The number of nitrogens with zero attached hydrogens (tertiary/aromatic N) is 1. The van der Waals surface area contributed by atoms with E-state index in [2.05, 4.69) is 4.98 Å². The fourth-order valence-corrected chi connectivity index (χ4v) is 1.21. The Bertz CT molecular complexity index is 237. The molecule has 0 saturated carbocycles. The van der Waals surface area contributed by atoms with Crippen molar-refractivity contribution in [3.8, 4) is 0 Å². The molecule has 0 saturated heterocycles. The van der Waals surface area contributed by atoms with Crippen LogP contribution in [-0.4, -0.2) is 16.6 Å². The molecule has 1 aromatic rings. The largest absolute Gasteiger partial charge is 0.369 e. The highest BCUT2D eigenvalue weighted by Gasteiger charge is 1.95. The van der Waals surface area contributed by atoms with Crippen molar-refractivity contribution in [2.24, 2.45) is 5.73 Å². The predicted octanol–water partition coefficient (Wildman–Crippen LogP) is 0.659. The molecule has 0 fully saturated rings. The van der Waals surface area contributed by atoms with Crippen LogP contribution in [0.1, 0.15) is 0 Å². The summed E-state index contributed by atoms with van der Waals surface area (Å²) >= 11 is 1.41. The number of hydrogen-bond donors (Lipinski definition) is 1. The van der Waals surface area contributed by atoms with Crippen molar-refractivity contribution in [2.75, 3.05) is 5.75 Å². The van der Waals surface area contributed by atoms with Gasteiger partial charge in [-0.25, -0.2) is 0 Å². The third kappa shape index (κ3) is 3.04. The van der Waals surface area contributed by atoms with Crippen molar-refractivity contribution in [3.63, 3.8) is 0 Å². The SMILES string of the molecule is NC(=O)CSc1ccncc1. The molecule has 1 aromatic heterocycles. The number of pyridine rings is 1. The van der Waals surface area contributed by atoms with Crippen LogP contribution in [-0.2, 0) is 4.79 Å². The van der Waals surface area contributed by atoms with E-state index in [1.807, 2.05) is 12.1 Å². The Kier molecular flexibility index (Phi) is 2.92. The maximum Gasteiger partial charge on any atom is 0.227 e. The Balaban J connectivity index is 2.45. The maximum atomic E-state index is 10.4. The second kappa shape index (κ2) is 3.98. The van der Waals surface area contributed by atoms with Gasteiger partial charge in [0.05, 0.1) is 5.75 Å². The fourth-order valence-electron chi connectivity index (χ4n) is 0.589. The van der Waals surface area contributed by atoms with Crippen molar-refractivity contribution in [1.82, 2.24) is 4.98 Å². The van der Waals surface area contributed by atoms with E-state index in [1.54, 1.807) is 12.4 Å². The lowest BCUT2D eigenvalue weighted by Gasteiger charge is -1.95. The average molecular weight is 168 g/mol. The van der Waals surface area contributed by atoms with Crippen LogP contribution in [0.4, 0.5) is 0 Å². The first-order chi connectivity index (χ1) is 5.29. The molecule has 4 heteroatoms. The van der Waals surface area contributed by atoms with Crippen LogP contribution < -0.4 is 5.73 Å². The number of nitrogens with two attached hydrogens (primary N) is 1. The second-order valence-electron chi connectivity index (χ2n) is 1.94. The summed E-state index contributed by atoms with van der Waals surface area (Å²) in [6.45, 7) is 0. The van der Waals surface area contributed by atoms with Crippen LogP contribution in [0, 0.1) is 0 Å². The lowest BCUT2D eigenvalue weighted by Crippen LogP contribution is -2.12. The summed E-state index contributed by atoms with van der Waals surface area (Å²) in [6, 6.07) is 3.68. The van der Waals surface area contributed by atoms with Crippen LogP contribution in [0.5, 0.6) is 0 Å². The Morgan fingerprint density at radius 3 is 2.73 bits per heavy atom. The first-order valence-electron chi connectivity index (χ1n) is 3.10. The minimum Gasteiger partial charge on any atom is -0.369 e. The molecular weight excluding hydrogens is 160 g/mol. The second-order valence-corrected chi connectivity index (χ2v) is 2.99. The molecule has 0 atom stereocenters. The maximum absolute atomic E-state index is 10.4. The number of primary amides is 1. The zero-order valence-corrected chi connectivity index (χ0v) is 6.67. The van der Waals surface area contributed by atoms with Crippen LogP contribution in [0.25, 0.3) is 0 Å². The molecule has 1 heterocycles. The Labute approximate surface area is 69.0 Å². The zero-order valence-electron chi connectivity index (χ0n) is 5.86. The smallest absolute Gasteiger partial charge is 0.227 e. The summed E-state index contributed by atoms with van der Waals surface area (Å²) < 4.78 is 0. The number of hydrogen-bond acceptors (Lipinski definition) is 3. The molecule has 11 heavy (non-hydrogen) atoms. The number of carbonyl (C=O) groups excluding carboxylic acids is 1. The van der Waals surface area contributed by atoms with Gasteiger partial charge in [-0.15, -0.1) is 11.8 Å². The topological polar surface area (TPSA) is 56.0 Å². The minimum absolute atomic E-state index is 0.299. The van der Waals surface area contributed by atoms with Gasteiger partial charge in [0.15, 0.2) is 0 Å². The zero-order chi connectivity index (χ0) is 8.10. The summed E-state index contributed by atoms with van der Waals surface area (Å²) in [4.78, 5) is 15.2. The normalized spacial score (nSPS) is 9.45. The van der Waals surface area contributed by atoms with E-state index in [-0.39, 0.29) is 5.91 Å². The van der Waals surface area contributed by atoms with Gasteiger partial charge in [-0.1, -0.05) is 0 Å². The van der Waals surface area contributed by atoms with Crippen molar-refractivity contribution in [3.05, 3.63) is 24.5 Å². The van der Waals surface area contributed by atoms with Crippen LogP contribution in [0.15, 0.2) is 29.4 Å². The highest BCUT2D eigenvalue weighted by atomic mass is 32.2. The average Bonchev–Trinajstić information content (AvgIpc) is 2.03. The third-order valence-electron chi connectivity index (χ3n) is 1.03. The molecule has 1 rings (SSSR count). The molecule has 0 aromatic carbocycles. The molecule has 3 nitrogen and oxygen atoms in total. The van der Waals surface area contributed by atoms with Crippen molar-refractivity contribution in [1.29, 1.82) is 0 Å². The molecule has 0 aliphatic carbocycles. The molecule has 1 amide bonds. The monoisotopic (exact) mass is 168 g/mol. The van der Waals surface area contributed by atoms with Gasteiger partial charge in [-0.2, -0.15) is 0 Å². The Hall–Kier alpha value is -1.03. The molecule has 0 aliphatic rings. The van der Waals surface area contributed by atoms with Gasteiger partial charge in [0.25, 0.3) is 0 Å². The van der Waals surface area contributed by atoms with E-state index in [4.69, 9.17) is 5.73 Å². The summed E-state index contributed by atoms with van der Waals surface area (Å²) in [6.07, 6.45) is 3.37. The van der Waals surface area contributed by atoms with Gasteiger partial charge < -0.3 is 5.73 Å². The van der Waals surface area contributed by atoms with Gasteiger partial charge in [0.1, 0.15) is 0 Å². The van der Waals surface area contributed by atoms with E-state index in [9.17, 15) is 4.79 Å². The lowest BCUT2D eigenvalue weighted by atomic mass is 10.5. The molecule has 2 N–H and O–H groups in total. The first kappa shape index (κ1) is 8.07. The van der Waals surface area contributed by atoms with Gasteiger partial charge in [0, 0.05) is 17.3 Å². The van der Waals surface area contributed by atoms with E-state index >= 15 is 0 Å². The number of thioether (sulfide) groups is 1. The summed E-state index contributed by atoms with van der Waals surface area (Å²) in [5, 5.41) is 0. The molecular formula is C7H8N2OS. The number of rotatable bonds is 3. The van der Waals surface area contributed by atoms with E-state index in [1.165, 1.54) is 11.8 Å². The van der Waals surface area contributed by atoms with Gasteiger partial charge in [-0.3, -0.25) is 9.78 Å². The number of amides is 1. The van der Waals surface area contributed by atoms with E-state index < -0.39 is 0 Å². The van der Waals surface area contributed by atoms with Crippen LogP contribution in [0.3, 0.4) is 0 Å². The first-order valence-corrected chi connectivity index (χ1v) is 4.09. The quantitative estimate of drug-likeness (QED) is 0.674. The highest BCUT2D eigenvalue weighted by Crippen LogP contribution is 2.14. The predicted molar refractivity (Wildman–Crippen MR) is 44.2 cm³/mol. The lowest BCUT2D eigenvalue weighted by molar-refractivity contribution is -0.115. The van der Waals surface area contributed by atoms with Crippen molar-refractivity contribution < 1.29 is 4.79 Å². The fraction of sp³-hybridized carbons (Fsp3) is 0.143. The van der Waals surface area contributed by atoms with Crippen LogP contribution in [0.2, 0.25) is 0 Å². The third-order valence-corrected chi connectivity index (χ3v) is 2.07. The van der Waals surface area contributed by atoms with E-state index in [0.717, 1.165) is 4.90 Å². The molecule has 58 valence electrons. The number of aromatic nitrogens is 1. The molecule has 0 aliphatic heterocycles. The molecule has 0 spiro atoms. The molecule has 0 bridgehead atoms. The summed E-state index contributed by atoms with van der Waals surface area (Å²) in [5.41, 5.74) is 4.96. The summed E-state index contributed by atoms with van der Waals surface area (Å²) in [5.74, 6) is 0.0242. The van der Waals surface area contributed by atoms with Crippen LogP contribution >= 0.6 is 11.8 Å². The standard InChI is InChI=1S/C7H8N2OS/c8-7(10)5-11-6-1-3-9-4-2-6/h1-4H,5H2,(H2,8,10). The number of carbonyl (C=O) groups is 1. The van der Waals surface area contributed by atoms with E-state index in [0.29, 0.717) is 5.75 Å². The molecule has 0 unspecified atom stereocenters. The van der Waals surface area contributed by atoms with Gasteiger partial charge in [-0.05, 0) is 12.1 Å².